The lowest BCUT2D eigenvalue weighted by Gasteiger charge is -2.43. The lowest BCUT2D eigenvalue weighted by atomic mass is 9.64. The average Bonchev–Trinajstić information content (AvgIpc) is 2.68. The summed E-state index contributed by atoms with van der Waals surface area (Å²) in [6.45, 7) is 6.39. The first-order valence-corrected chi connectivity index (χ1v) is 10.1. The molecular weight excluding hydrogens is 396 g/mol. The molecule has 31 heavy (non-hydrogen) atoms. The van der Waals surface area contributed by atoms with Gasteiger partial charge in [0, 0.05) is 41.4 Å². The number of allylic oxidation sites excluding steroid dienone is 1. The number of hydrogen-bond acceptors (Lipinski definition) is 6. The Balaban J connectivity index is 2.19. The molecule has 0 amide bonds. The number of nitrogens with one attached hydrogen (secondary N) is 1. The third-order valence-corrected chi connectivity index (χ3v) is 5.80. The SMILES string of the molecule is CC(=O)C1=C(Nc2ccc(C)cc2)CC(C)(O)C(C(C)=O)C1c1ccc([N+](=O)[O-])cc1. The van der Waals surface area contributed by atoms with E-state index in [0.717, 1.165) is 11.3 Å². The standard InChI is InChI=1S/C24H26N2O5/c1-14-5-9-18(10-6-14)25-20-13-24(4,29)23(16(3)28)22(21(20)15(2)27)17-7-11-19(12-8-17)26(30)31/h5-12,22-23,25,29H,13H2,1-4H3. The van der Waals surface area contributed by atoms with Gasteiger partial charge in [-0.05, 0) is 45.4 Å². The maximum atomic E-state index is 12.8. The predicted molar refractivity (Wildman–Crippen MR) is 118 cm³/mol. The Morgan fingerprint density at radius 3 is 2.16 bits per heavy atom. The number of rotatable bonds is 6. The molecule has 3 rings (SSSR count). The molecule has 7 nitrogen and oxygen atoms in total. The predicted octanol–water partition coefficient (Wildman–Crippen LogP) is 4.30. The first-order valence-electron chi connectivity index (χ1n) is 10.1. The molecule has 1 aliphatic rings. The second-order valence-corrected chi connectivity index (χ2v) is 8.39. The van der Waals surface area contributed by atoms with Crippen molar-refractivity contribution in [1.82, 2.24) is 0 Å². The monoisotopic (exact) mass is 422 g/mol. The third-order valence-electron chi connectivity index (χ3n) is 5.80. The van der Waals surface area contributed by atoms with Gasteiger partial charge in [0.1, 0.15) is 5.78 Å². The van der Waals surface area contributed by atoms with Gasteiger partial charge in [-0.1, -0.05) is 29.8 Å². The Morgan fingerprint density at radius 1 is 1.10 bits per heavy atom. The number of aryl methyl sites for hydroxylation is 1. The van der Waals surface area contributed by atoms with E-state index in [-0.39, 0.29) is 23.7 Å². The summed E-state index contributed by atoms with van der Waals surface area (Å²) < 4.78 is 0. The summed E-state index contributed by atoms with van der Waals surface area (Å²) in [6.07, 6.45) is 0.101. The van der Waals surface area contributed by atoms with E-state index in [1.54, 1.807) is 19.1 Å². The normalized spacial score (nSPS) is 23.4. The number of ketones is 2. The summed E-state index contributed by atoms with van der Waals surface area (Å²) in [5.41, 5.74) is 1.87. The molecule has 0 fully saturated rings. The van der Waals surface area contributed by atoms with Gasteiger partial charge in [0.15, 0.2) is 5.78 Å². The highest BCUT2D eigenvalue weighted by molar-refractivity contribution is 5.98. The van der Waals surface area contributed by atoms with Crippen LogP contribution < -0.4 is 5.32 Å². The van der Waals surface area contributed by atoms with E-state index in [1.165, 1.54) is 26.0 Å². The fraction of sp³-hybridized carbons (Fsp3) is 0.333. The van der Waals surface area contributed by atoms with Crippen LogP contribution in [0.2, 0.25) is 0 Å². The molecule has 0 saturated carbocycles. The minimum Gasteiger partial charge on any atom is -0.389 e. The fourth-order valence-electron chi connectivity index (χ4n) is 4.47. The van der Waals surface area contributed by atoms with Crippen LogP contribution in [0.5, 0.6) is 0 Å². The number of nitro groups is 1. The van der Waals surface area contributed by atoms with Crippen molar-refractivity contribution in [2.45, 2.75) is 45.6 Å². The number of non-ortho nitro benzene ring substituents is 1. The Bertz CT molecular complexity index is 1050. The first kappa shape index (κ1) is 22.4. The number of benzene rings is 2. The van der Waals surface area contributed by atoms with Gasteiger partial charge in [0.25, 0.3) is 5.69 Å². The van der Waals surface area contributed by atoms with Crippen LogP contribution in [0.15, 0.2) is 59.8 Å². The Labute approximate surface area is 180 Å². The summed E-state index contributed by atoms with van der Waals surface area (Å²) in [5, 5.41) is 25.6. The quantitative estimate of drug-likeness (QED) is 0.530. The number of anilines is 1. The zero-order valence-corrected chi connectivity index (χ0v) is 18.0. The fourth-order valence-corrected chi connectivity index (χ4v) is 4.47. The second-order valence-electron chi connectivity index (χ2n) is 8.39. The van der Waals surface area contributed by atoms with Gasteiger partial charge in [-0.3, -0.25) is 19.7 Å². The van der Waals surface area contributed by atoms with Crippen LogP contribution >= 0.6 is 0 Å². The van der Waals surface area contributed by atoms with Crippen LogP contribution in [-0.4, -0.2) is 27.2 Å². The van der Waals surface area contributed by atoms with Crippen LogP contribution in [0.1, 0.15) is 44.2 Å². The molecule has 162 valence electrons. The van der Waals surface area contributed by atoms with E-state index in [2.05, 4.69) is 5.32 Å². The van der Waals surface area contributed by atoms with Crippen LogP contribution in [0.3, 0.4) is 0 Å². The first-order chi connectivity index (χ1) is 14.5. The Hall–Kier alpha value is -3.32. The maximum absolute atomic E-state index is 12.8. The smallest absolute Gasteiger partial charge is 0.269 e. The molecule has 3 unspecified atom stereocenters. The minimum atomic E-state index is -1.41. The minimum absolute atomic E-state index is 0.0861. The molecule has 0 aliphatic heterocycles. The van der Waals surface area contributed by atoms with Gasteiger partial charge in [-0.25, -0.2) is 0 Å². The van der Waals surface area contributed by atoms with Crippen molar-refractivity contribution < 1.29 is 19.6 Å². The molecular formula is C24H26N2O5. The zero-order chi connectivity index (χ0) is 22.9. The summed E-state index contributed by atoms with van der Waals surface area (Å²) >= 11 is 0. The zero-order valence-electron chi connectivity index (χ0n) is 18.0. The number of hydrogen-bond donors (Lipinski definition) is 2. The molecule has 2 N–H and O–H groups in total. The largest absolute Gasteiger partial charge is 0.389 e. The molecule has 3 atom stereocenters. The highest BCUT2D eigenvalue weighted by Gasteiger charge is 2.49. The van der Waals surface area contributed by atoms with Crippen molar-refractivity contribution in [3.63, 3.8) is 0 Å². The lowest BCUT2D eigenvalue weighted by molar-refractivity contribution is -0.384. The number of aliphatic hydroxyl groups is 1. The van der Waals surface area contributed by atoms with Crippen molar-refractivity contribution in [2.75, 3.05) is 5.32 Å². The Morgan fingerprint density at radius 2 is 1.68 bits per heavy atom. The molecule has 2 aromatic carbocycles. The van der Waals surface area contributed by atoms with Gasteiger partial charge in [0.05, 0.1) is 16.4 Å². The van der Waals surface area contributed by atoms with Crippen molar-refractivity contribution in [3.8, 4) is 0 Å². The molecule has 2 aromatic rings. The van der Waals surface area contributed by atoms with Crippen LogP contribution in [-0.2, 0) is 9.59 Å². The van der Waals surface area contributed by atoms with Crippen molar-refractivity contribution in [3.05, 3.63) is 81.0 Å². The van der Waals surface area contributed by atoms with E-state index >= 15 is 0 Å². The maximum Gasteiger partial charge on any atom is 0.269 e. The molecule has 0 radical (unpaired) electrons. The highest BCUT2D eigenvalue weighted by Crippen LogP contribution is 2.48. The topological polar surface area (TPSA) is 110 Å². The number of carbonyl (C=O) groups is 2. The van der Waals surface area contributed by atoms with Gasteiger partial charge in [0.2, 0.25) is 0 Å². The van der Waals surface area contributed by atoms with E-state index in [0.29, 0.717) is 16.8 Å². The van der Waals surface area contributed by atoms with E-state index in [1.807, 2.05) is 31.2 Å². The van der Waals surface area contributed by atoms with Crippen molar-refractivity contribution in [2.24, 2.45) is 5.92 Å². The number of Topliss-reactive ketones (excluding diaryl/α,β-unsaturated/α-hetero) is 2. The summed E-state index contributed by atoms with van der Waals surface area (Å²) in [5.74, 6) is -2.06. The van der Waals surface area contributed by atoms with Gasteiger partial charge >= 0.3 is 0 Å². The molecule has 0 aromatic heterocycles. The third kappa shape index (κ3) is 4.56. The number of nitrogens with zero attached hydrogens (tertiary/aromatic N) is 1. The van der Waals surface area contributed by atoms with Crippen LogP contribution in [0.25, 0.3) is 0 Å². The van der Waals surface area contributed by atoms with Crippen molar-refractivity contribution in [1.29, 1.82) is 0 Å². The Kier molecular flexibility index (Phi) is 6.08. The highest BCUT2D eigenvalue weighted by atomic mass is 16.6. The van der Waals surface area contributed by atoms with Gasteiger partial charge < -0.3 is 10.4 Å². The summed E-state index contributed by atoms with van der Waals surface area (Å²) in [7, 11) is 0. The number of nitro benzene ring substituents is 1. The second kappa shape index (κ2) is 8.43. The molecule has 0 heterocycles. The average molecular weight is 422 g/mol. The van der Waals surface area contributed by atoms with Gasteiger partial charge in [-0.15, -0.1) is 0 Å². The van der Waals surface area contributed by atoms with E-state index in [4.69, 9.17) is 0 Å². The molecule has 0 saturated heterocycles. The van der Waals surface area contributed by atoms with E-state index in [9.17, 15) is 24.8 Å². The molecule has 0 spiro atoms. The van der Waals surface area contributed by atoms with Crippen LogP contribution in [0, 0.1) is 23.0 Å². The van der Waals surface area contributed by atoms with Crippen molar-refractivity contribution >= 4 is 22.9 Å². The summed E-state index contributed by atoms with van der Waals surface area (Å²) in [4.78, 5) is 36.0. The van der Waals surface area contributed by atoms with Gasteiger partial charge in [-0.2, -0.15) is 0 Å². The van der Waals surface area contributed by atoms with E-state index < -0.39 is 22.4 Å². The lowest BCUT2D eigenvalue weighted by Crippen LogP contribution is -2.48. The number of carbonyl (C=O) groups excluding carboxylic acids is 2. The molecule has 0 bridgehead atoms. The molecule has 7 heteroatoms. The summed E-state index contributed by atoms with van der Waals surface area (Å²) in [6, 6.07) is 13.4. The van der Waals surface area contributed by atoms with Crippen LogP contribution in [0.4, 0.5) is 11.4 Å². The molecule has 1 aliphatic carbocycles.